The Morgan fingerprint density at radius 1 is 0.974 bits per heavy atom. The zero-order valence-corrected chi connectivity index (χ0v) is 20.1. The highest BCUT2D eigenvalue weighted by Crippen LogP contribution is 2.45. The summed E-state index contributed by atoms with van der Waals surface area (Å²) >= 11 is 0. The van der Waals surface area contributed by atoms with E-state index in [1.165, 1.54) is 23.0 Å². The van der Waals surface area contributed by atoms with Crippen molar-refractivity contribution in [3.8, 4) is 16.9 Å². The summed E-state index contributed by atoms with van der Waals surface area (Å²) in [5, 5.41) is 19.6. The minimum Gasteiger partial charge on any atom is -0.363 e. The molecule has 1 fully saturated rings. The zero-order chi connectivity index (χ0) is 27.1. The van der Waals surface area contributed by atoms with E-state index in [1.54, 1.807) is 85.0 Å². The first kappa shape index (κ1) is 25.2. The fraction of sp³-hybridized carbons (Fsp3) is 0.179. The van der Waals surface area contributed by atoms with Gasteiger partial charge < -0.3 is 15.7 Å². The van der Waals surface area contributed by atoms with Crippen molar-refractivity contribution < 1.29 is 27.9 Å². The van der Waals surface area contributed by atoms with Gasteiger partial charge in [-0.05, 0) is 19.1 Å². The summed E-state index contributed by atoms with van der Waals surface area (Å²) in [5.74, 6) is -3.16. The van der Waals surface area contributed by atoms with Gasteiger partial charge in [-0.1, -0.05) is 78.4 Å². The summed E-state index contributed by atoms with van der Waals surface area (Å²) in [4.78, 5) is 26.3. The molecule has 7 nitrogen and oxygen atoms in total. The lowest BCUT2D eigenvalue weighted by Crippen LogP contribution is -2.72. The van der Waals surface area contributed by atoms with Crippen LogP contribution in [0.3, 0.4) is 0 Å². The van der Waals surface area contributed by atoms with Gasteiger partial charge in [0.2, 0.25) is 5.72 Å². The number of urea groups is 1. The fourth-order valence-electron chi connectivity index (χ4n) is 4.64. The first-order valence-electron chi connectivity index (χ1n) is 11.8. The number of amides is 2. The van der Waals surface area contributed by atoms with Gasteiger partial charge in [-0.2, -0.15) is 18.3 Å². The number of alkyl halides is 3. The summed E-state index contributed by atoms with van der Waals surface area (Å²) < 4.78 is 44.7. The number of carbonyl (C=O) groups excluding carboxylic acids is 2. The van der Waals surface area contributed by atoms with Gasteiger partial charge in [0.1, 0.15) is 5.92 Å². The third-order valence-electron chi connectivity index (χ3n) is 6.57. The number of aromatic nitrogens is 2. The molecule has 0 radical (unpaired) electrons. The SMILES string of the molecule is Cc1ccc(C(=O)C2C(c3cn(-c4ccccc4)nc3-c3ccccc3)NC(=O)NC2(O)C(F)(F)F)cc1. The average Bonchev–Trinajstić information content (AvgIpc) is 3.34. The molecule has 2 heterocycles. The summed E-state index contributed by atoms with van der Waals surface area (Å²) in [5.41, 5.74) is -1.51. The number of Topliss-reactive ketones (excluding diaryl/α,β-unsaturated/α-hetero) is 1. The molecule has 194 valence electrons. The third kappa shape index (κ3) is 4.43. The molecule has 3 unspecified atom stereocenters. The normalized spacial score (nSPS) is 21.4. The van der Waals surface area contributed by atoms with Gasteiger partial charge in [0, 0.05) is 22.9 Å². The first-order valence-corrected chi connectivity index (χ1v) is 11.8. The monoisotopic (exact) mass is 520 g/mol. The second-order valence-electron chi connectivity index (χ2n) is 9.13. The van der Waals surface area contributed by atoms with Crippen molar-refractivity contribution in [2.75, 3.05) is 0 Å². The van der Waals surface area contributed by atoms with Crippen molar-refractivity contribution in [2.24, 2.45) is 5.92 Å². The van der Waals surface area contributed by atoms with Crippen molar-refractivity contribution in [3.63, 3.8) is 0 Å². The maximum atomic E-state index is 14.4. The largest absolute Gasteiger partial charge is 0.437 e. The molecular formula is C28H23F3N4O3. The molecule has 1 saturated heterocycles. The topological polar surface area (TPSA) is 96.2 Å². The van der Waals surface area contributed by atoms with Crippen molar-refractivity contribution in [1.82, 2.24) is 20.4 Å². The molecule has 3 N–H and O–H groups in total. The number of para-hydroxylation sites is 1. The molecule has 0 saturated carbocycles. The van der Waals surface area contributed by atoms with Crippen molar-refractivity contribution in [3.05, 3.63) is 108 Å². The van der Waals surface area contributed by atoms with Crippen LogP contribution in [-0.2, 0) is 0 Å². The maximum absolute atomic E-state index is 14.4. The van der Waals surface area contributed by atoms with E-state index in [-0.39, 0.29) is 16.8 Å². The number of nitrogens with zero attached hydrogens (tertiary/aromatic N) is 2. The smallest absolute Gasteiger partial charge is 0.363 e. The Labute approximate surface area is 215 Å². The minimum absolute atomic E-state index is 0.0389. The number of carbonyl (C=O) groups is 2. The van der Waals surface area contributed by atoms with Gasteiger partial charge >= 0.3 is 12.2 Å². The van der Waals surface area contributed by atoms with E-state index < -0.39 is 35.7 Å². The van der Waals surface area contributed by atoms with Crippen LogP contribution >= 0.6 is 0 Å². The highest BCUT2D eigenvalue weighted by Gasteiger charge is 2.66. The molecule has 4 aromatic rings. The molecule has 3 aromatic carbocycles. The van der Waals surface area contributed by atoms with E-state index in [0.29, 0.717) is 11.3 Å². The van der Waals surface area contributed by atoms with Crippen LogP contribution in [0.2, 0.25) is 0 Å². The van der Waals surface area contributed by atoms with Gasteiger partial charge in [-0.15, -0.1) is 0 Å². The van der Waals surface area contributed by atoms with Crippen LogP contribution in [-0.4, -0.2) is 38.6 Å². The first-order chi connectivity index (χ1) is 18.1. The third-order valence-corrected chi connectivity index (χ3v) is 6.57. The lowest BCUT2D eigenvalue weighted by Gasteiger charge is -2.44. The van der Waals surface area contributed by atoms with Crippen LogP contribution < -0.4 is 10.6 Å². The maximum Gasteiger partial charge on any atom is 0.437 e. The molecule has 5 rings (SSSR count). The molecule has 1 aromatic heterocycles. The molecule has 38 heavy (non-hydrogen) atoms. The second kappa shape index (κ2) is 9.46. The molecule has 1 aliphatic rings. The predicted molar refractivity (Wildman–Crippen MR) is 133 cm³/mol. The highest BCUT2D eigenvalue weighted by atomic mass is 19.4. The highest BCUT2D eigenvalue weighted by molar-refractivity contribution is 6.00. The Bertz CT molecular complexity index is 1470. The Morgan fingerprint density at radius 2 is 1.58 bits per heavy atom. The van der Waals surface area contributed by atoms with Gasteiger partial charge in [0.15, 0.2) is 5.78 Å². The Morgan fingerprint density at radius 3 is 2.18 bits per heavy atom. The van der Waals surface area contributed by atoms with E-state index in [2.05, 4.69) is 10.4 Å². The van der Waals surface area contributed by atoms with E-state index in [1.807, 2.05) is 0 Å². The molecule has 3 atom stereocenters. The van der Waals surface area contributed by atoms with E-state index in [0.717, 1.165) is 5.56 Å². The van der Waals surface area contributed by atoms with Gasteiger partial charge in [0.25, 0.3) is 0 Å². The lowest BCUT2D eigenvalue weighted by molar-refractivity contribution is -0.287. The van der Waals surface area contributed by atoms with E-state index in [9.17, 15) is 27.9 Å². The number of rotatable bonds is 5. The van der Waals surface area contributed by atoms with E-state index >= 15 is 0 Å². The number of aryl methyl sites for hydroxylation is 1. The summed E-state index contributed by atoms with van der Waals surface area (Å²) in [7, 11) is 0. The van der Waals surface area contributed by atoms with Crippen LogP contribution in [0.25, 0.3) is 16.9 Å². The number of aliphatic hydroxyl groups is 1. The summed E-state index contributed by atoms with van der Waals surface area (Å²) in [6.45, 7) is 1.77. The molecule has 10 heteroatoms. The molecule has 1 aliphatic heterocycles. The van der Waals surface area contributed by atoms with E-state index in [4.69, 9.17) is 0 Å². The van der Waals surface area contributed by atoms with Crippen LogP contribution in [0, 0.1) is 12.8 Å². The van der Waals surface area contributed by atoms with Crippen LogP contribution in [0.5, 0.6) is 0 Å². The number of benzene rings is 3. The quantitative estimate of drug-likeness (QED) is 0.325. The molecule has 0 aliphatic carbocycles. The van der Waals surface area contributed by atoms with Crippen molar-refractivity contribution in [1.29, 1.82) is 0 Å². The zero-order valence-electron chi connectivity index (χ0n) is 20.1. The molecular weight excluding hydrogens is 497 g/mol. The molecule has 0 spiro atoms. The Balaban J connectivity index is 1.73. The van der Waals surface area contributed by atoms with Gasteiger partial charge in [-0.3, -0.25) is 4.79 Å². The number of hydrogen-bond donors (Lipinski definition) is 3. The van der Waals surface area contributed by atoms with Crippen LogP contribution in [0.1, 0.15) is 27.5 Å². The summed E-state index contributed by atoms with van der Waals surface area (Å²) in [6, 6.07) is 20.7. The number of ketones is 1. The predicted octanol–water partition coefficient (Wildman–Crippen LogP) is 4.95. The average molecular weight is 521 g/mol. The minimum atomic E-state index is -5.36. The van der Waals surface area contributed by atoms with Crippen molar-refractivity contribution >= 4 is 11.8 Å². The number of nitrogens with one attached hydrogen (secondary N) is 2. The summed E-state index contributed by atoms with van der Waals surface area (Å²) in [6.07, 6.45) is -3.89. The van der Waals surface area contributed by atoms with Gasteiger partial charge in [0.05, 0.1) is 17.4 Å². The second-order valence-corrected chi connectivity index (χ2v) is 9.13. The van der Waals surface area contributed by atoms with Crippen LogP contribution in [0.4, 0.5) is 18.0 Å². The Kier molecular flexibility index (Phi) is 6.28. The number of halogens is 3. The number of hydrogen-bond acceptors (Lipinski definition) is 4. The standard InChI is InChI=1S/C28H23F3N4O3/c1-17-12-14-19(15-13-17)25(36)22-24(32-26(37)33-27(22,38)28(29,30)31)21-16-35(20-10-6-3-7-11-20)34-23(21)18-8-4-2-5-9-18/h2-16,22,24,38H,1H3,(H2,32,33,37). The fourth-order valence-corrected chi connectivity index (χ4v) is 4.64. The molecule has 0 bridgehead atoms. The van der Waals surface area contributed by atoms with Crippen LogP contribution in [0.15, 0.2) is 91.1 Å². The van der Waals surface area contributed by atoms with Gasteiger partial charge in [-0.25, -0.2) is 9.48 Å². The Hall–Kier alpha value is -4.44. The molecule has 2 amide bonds. The lowest BCUT2D eigenvalue weighted by atomic mass is 9.77. The van der Waals surface area contributed by atoms with Crippen molar-refractivity contribution in [2.45, 2.75) is 24.9 Å².